The summed E-state index contributed by atoms with van der Waals surface area (Å²) in [5.41, 5.74) is 1.97. The van der Waals surface area contributed by atoms with E-state index >= 15 is 0 Å². The highest BCUT2D eigenvalue weighted by Crippen LogP contribution is 2.07. The zero-order valence-electron chi connectivity index (χ0n) is 15.0. The topological polar surface area (TPSA) is 63.4 Å². The number of aromatic nitrogens is 4. The maximum Gasteiger partial charge on any atom is 0.252 e. The van der Waals surface area contributed by atoms with E-state index in [-0.39, 0.29) is 5.91 Å². The number of carbonyl (C=O) groups is 1. The molecule has 2 heterocycles. The van der Waals surface area contributed by atoms with Crippen molar-refractivity contribution < 1.29 is 4.79 Å². The van der Waals surface area contributed by atoms with E-state index in [2.05, 4.69) is 28.1 Å². The molecule has 0 unspecified atom stereocenters. The van der Waals surface area contributed by atoms with Crippen LogP contribution >= 0.6 is 0 Å². The Labute approximate surface area is 153 Å². The quantitative estimate of drug-likeness (QED) is 0.627. The van der Waals surface area contributed by atoms with E-state index in [0.29, 0.717) is 18.7 Å². The van der Waals surface area contributed by atoms with Gasteiger partial charge in [-0.3, -0.25) is 4.79 Å². The molecule has 2 aromatic heterocycles. The zero-order valence-corrected chi connectivity index (χ0v) is 15.0. The fraction of sp³-hybridized carbons (Fsp3) is 0.300. The van der Waals surface area contributed by atoms with Crippen LogP contribution in [-0.4, -0.2) is 43.5 Å². The van der Waals surface area contributed by atoms with Crippen LogP contribution in [0.2, 0.25) is 0 Å². The third-order valence-electron chi connectivity index (χ3n) is 4.11. The largest absolute Gasteiger partial charge is 0.339 e. The first-order valence-corrected chi connectivity index (χ1v) is 8.90. The molecule has 1 amide bonds. The molecular weight excluding hydrogens is 326 g/mol. The maximum absolute atomic E-state index is 12.8. The van der Waals surface area contributed by atoms with Crippen LogP contribution < -0.4 is 0 Å². The number of hydrogen-bond donors (Lipinski definition) is 0. The van der Waals surface area contributed by atoms with Gasteiger partial charge in [0.25, 0.3) is 5.78 Å². The van der Waals surface area contributed by atoms with Gasteiger partial charge in [-0.2, -0.15) is 10.1 Å². The number of unbranched alkanes of at least 4 members (excludes halogenated alkanes) is 1. The van der Waals surface area contributed by atoms with Gasteiger partial charge < -0.3 is 4.90 Å². The van der Waals surface area contributed by atoms with Crippen LogP contribution in [0.1, 0.15) is 30.9 Å². The van der Waals surface area contributed by atoms with E-state index < -0.39 is 0 Å². The highest BCUT2D eigenvalue weighted by Gasteiger charge is 2.13. The Morgan fingerprint density at radius 1 is 1.23 bits per heavy atom. The molecule has 0 bridgehead atoms. The molecule has 0 fully saturated rings. The van der Waals surface area contributed by atoms with E-state index in [1.807, 2.05) is 47.5 Å². The molecule has 0 aliphatic carbocycles. The summed E-state index contributed by atoms with van der Waals surface area (Å²) in [5, 5.41) is 4.07. The normalized spacial score (nSPS) is 11.3. The number of benzene rings is 1. The average Bonchev–Trinajstić information content (AvgIpc) is 3.13. The van der Waals surface area contributed by atoms with Gasteiger partial charge in [-0.05, 0) is 17.5 Å². The van der Waals surface area contributed by atoms with E-state index in [1.165, 1.54) is 6.33 Å². The Bertz CT molecular complexity index is 872. The van der Waals surface area contributed by atoms with E-state index in [0.717, 1.165) is 30.5 Å². The second-order valence-corrected chi connectivity index (χ2v) is 6.15. The molecule has 3 rings (SSSR count). The Morgan fingerprint density at radius 2 is 2.08 bits per heavy atom. The first-order valence-electron chi connectivity index (χ1n) is 8.90. The third-order valence-corrected chi connectivity index (χ3v) is 4.11. The Morgan fingerprint density at radius 3 is 2.88 bits per heavy atom. The predicted molar refractivity (Wildman–Crippen MR) is 101 cm³/mol. The summed E-state index contributed by atoms with van der Waals surface area (Å²) in [5.74, 6) is 0.632. The van der Waals surface area contributed by atoms with Crippen LogP contribution in [0, 0.1) is 0 Å². The lowest BCUT2D eigenvalue weighted by Gasteiger charge is -2.21. The van der Waals surface area contributed by atoms with E-state index in [1.54, 1.807) is 10.7 Å². The van der Waals surface area contributed by atoms with Crippen molar-refractivity contribution in [3.63, 3.8) is 0 Å². The first kappa shape index (κ1) is 17.8. The number of carbonyl (C=O) groups excluding carboxylic acids is 1. The molecule has 26 heavy (non-hydrogen) atoms. The summed E-state index contributed by atoms with van der Waals surface area (Å²) in [6.45, 7) is 3.49. The molecule has 0 spiro atoms. The summed E-state index contributed by atoms with van der Waals surface area (Å²) in [6.07, 6.45) is 11.4. The van der Waals surface area contributed by atoms with Gasteiger partial charge in [0.1, 0.15) is 6.33 Å². The summed E-state index contributed by atoms with van der Waals surface area (Å²) >= 11 is 0. The molecule has 6 heteroatoms. The van der Waals surface area contributed by atoms with E-state index in [9.17, 15) is 4.79 Å². The molecule has 1 aromatic carbocycles. The van der Waals surface area contributed by atoms with Crippen molar-refractivity contribution in [2.75, 3.05) is 13.1 Å². The zero-order chi connectivity index (χ0) is 18.2. The van der Waals surface area contributed by atoms with Crippen molar-refractivity contribution in [2.45, 2.75) is 26.2 Å². The van der Waals surface area contributed by atoms with Crippen molar-refractivity contribution in [2.24, 2.45) is 0 Å². The fourth-order valence-corrected chi connectivity index (χ4v) is 2.68. The second kappa shape index (κ2) is 8.89. The van der Waals surface area contributed by atoms with Crippen molar-refractivity contribution in [1.82, 2.24) is 24.5 Å². The lowest BCUT2D eigenvalue weighted by atomic mass is 10.2. The standard InChI is InChI=1S/C20H23N5O/c1-2-3-11-24(12-7-10-17-8-5-4-6-9-17)19(26)13-18-14-21-20-22-16-23-25(20)15-18/h4-10,14-16H,2-3,11-13H2,1H3/b10-7+. The Kier molecular flexibility index (Phi) is 6.09. The smallest absolute Gasteiger partial charge is 0.252 e. The number of fused-ring (bicyclic) bond motifs is 1. The summed E-state index contributed by atoms with van der Waals surface area (Å²) < 4.78 is 1.59. The number of amides is 1. The van der Waals surface area contributed by atoms with Crippen LogP contribution in [-0.2, 0) is 11.2 Å². The molecule has 6 nitrogen and oxygen atoms in total. The lowest BCUT2D eigenvalue weighted by molar-refractivity contribution is -0.130. The van der Waals surface area contributed by atoms with Gasteiger partial charge in [0.2, 0.25) is 5.91 Å². The average molecular weight is 349 g/mol. The maximum atomic E-state index is 12.8. The summed E-state index contributed by atoms with van der Waals surface area (Å²) in [7, 11) is 0. The molecule has 0 radical (unpaired) electrons. The van der Waals surface area contributed by atoms with Crippen molar-refractivity contribution in [3.05, 3.63) is 66.3 Å². The van der Waals surface area contributed by atoms with E-state index in [4.69, 9.17) is 0 Å². The molecule has 3 aromatic rings. The number of hydrogen-bond acceptors (Lipinski definition) is 4. The van der Waals surface area contributed by atoms with Gasteiger partial charge in [0, 0.05) is 25.5 Å². The highest BCUT2D eigenvalue weighted by atomic mass is 16.2. The van der Waals surface area contributed by atoms with Gasteiger partial charge in [-0.25, -0.2) is 9.50 Å². The van der Waals surface area contributed by atoms with Gasteiger partial charge in [0.05, 0.1) is 6.42 Å². The molecule has 0 aliphatic heterocycles. The Balaban J connectivity index is 1.65. The van der Waals surface area contributed by atoms with Crippen LogP contribution in [0.25, 0.3) is 11.9 Å². The number of rotatable bonds is 8. The van der Waals surface area contributed by atoms with Crippen molar-refractivity contribution in [1.29, 1.82) is 0 Å². The van der Waals surface area contributed by atoms with Gasteiger partial charge in [0.15, 0.2) is 0 Å². The first-order chi connectivity index (χ1) is 12.8. The number of nitrogens with zero attached hydrogens (tertiary/aromatic N) is 5. The van der Waals surface area contributed by atoms with Gasteiger partial charge in [-0.1, -0.05) is 55.8 Å². The molecule has 0 saturated heterocycles. The molecule has 134 valence electrons. The van der Waals surface area contributed by atoms with Crippen molar-refractivity contribution in [3.8, 4) is 0 Å². The van der Waals surface area contributed by atoms with Crippen LogP contribution in [0.5, 0.6) is 0 Å². The summed E-state index contributed by atoms with van der Waals surface area (Å²) in [4.78, 5) is 22.9. The minimum absolute atomic E-state index is 0.0948. The highest BCUT2D eigenvalue weighted by molar-refractivity contribution is 5.79. The Hall–Kier alpha value is -3.02. The molecule has 0 aliphatic rings. The fourth-order valence-electron chi connectivity index (χ4n) is 2.68. The third kappa shape index (κ3) is 4.75. The molecule has 0 atom stereocenters. The lowest BCUT2D eigenvalue weighted by Crippen LogP contribution is -2.33. The monoisotopic (exact) mass is 349 g/mol. The minimum atomic E-state index is 0.0948. The van der Waals surface area contributed by atoms with Crippen molar-refractivity contribution >= 4 is 17.8 Å². The van der Waals surface area contributed by atoms with Crippen LogP contribution in [0.4, 0.5) is 0 Å². The minimum Gasteiger partial charge on any atom is -0.339 e. The molecule has 0 saturated carbocycles. The van der Waals surface area contributed by atoms with Gasteiger partial charge >= 0.3 is 0 Å². The van der Waals surface area contributed by atoms with Crippen LogP contribution in [0.3, 0.4) is 0 Å². The van der Waals surface area contributed by atoms with Gasteiger partial charge in [-0.15, -0.1) is 0 Å². The molecular formula is C20H23N5O. The van der Waals surface area contributed by atoms with Crippen LogP contribution in [0.15, 0.2) is 55.1 Å². The summed E-state index contributed by atoms with van der Waals surface area (Å²) in [6, 6.07) is 10.1. The predicted octanol–water partition coefficient (Wildman–Crippen LogP) is 3.01. The molecule has 0 N–H and O–H groups in total. The second-order valence-electron chi connectivity index (χ2n) is 6.15. The SMILES string of the molecule is CCCCN(C/C=C/c1ccccc1)C(=O)Cc1cnc2ncnn2c1.